The van der Waals surface area contributed by atoms with Gasteiger partial charge in [0.1, 0.15) is 0 Å². The van der Waals surface area contributed by atoms with Crippen molar-refractivity contribution < 1.29 is 14.2 Å². The van der Waals surface area contributed by atoms with Gasteiger partial charge in [-0.25, -0.2) is 0 Å². The highest BCUT2D eigenvalue weighted by atomic mass is 16.5. The summed E-state index contributed by atoms with van der Waals surface area (Å²) in [5, 5.41) is 0. The van der Waals surface area contributed by atoms with Crippen LogP contribution < -0.4 is 19.9 Å². The number of methoxy groups -OCH3 is 2. The van der Waals surface area contributed by atoms with Gasteiger partial charge in [0.15, 0.2) is 5.75 Å². The first-order valence-corrected chi connectivity index (χ1v) is 5.50. The third-order valence-electron chi connectivity index (χ3n) is 2.31. The number of rotatable bonds is 4. The molecular weight excluding hydrogens is 248 g/mol. The zero-order valence-electron chi connectivity index (χ0n) is 10.9. The van der Waals surface area contributed by atoms with Gasteiger partial charge in [-0.05, 0) is 24.6 Å². The molecule has 0 aliphatic heterocycles. The summed E-state index contributed by atoms with van der Waals surface area (Å²) in [6.45, 7) is 1.94. The minimum absolute atomic E-state index is 0.0549. The normalized spacial score (nSPS) is 10.1. The van der Waals surface area contributed by atoms with Gasteiger partial charge in [-0.1, -0.05) is 6.07 Å². The fourth-order valence-corrected chi connectivity index (χ4v) is 1.41. The Balaban J connectivity index is 2.31. The number of hydrogen-bond donors (Lipinski definition) is 1. The van der Waals surface area contributed by atoms with Crippen LogP contribution in [0.4, 0.5) is 5.69 Å². The lowest BCUT2D eigenvalue weighted by molar-refractivity contribution is 0.320. The van der Waals surface area contributed by atoms with Gasteiger partial charge in [-0.15, -0.1) is 15.0 Å². The average Bonchev–Trinajstić information content (AvgIpc) is 2.41. The third kappa shape index (κ3) is 3.01. The molecule has 0 aliphatic carbocycles. The lowest BCUT2D eigenvalue weighted by Crippen LogP contribution is -2.02. The summed E-state index contributed by atoms with van der Waals surface area (Å²) < 4.78 is 15.4. The van der Waals surface area contributed by atoms with Crippen LogP contribution in [0.25, 0.3) is 0 Å². The van der Waals surface area contributed by atoms with Gasteiger partial charge in [-0.3, -0.25) is 0 Å². The number of aromatic nitrogens is 3. The quantitative estimate of drug-likeness (QED) is 0.836. The van der Waals surface area contributed by atoms with Crippen LogP contribution in [0.5, 0.6) is 23.8 Å². The first-order valence-electron chi connectivity index (χ1n) is 5.50. The zero-order chi connectivity index (χ0) is 13.8. The first kappa shape index (κ1) is 12.9. The van der Waals surface area contributed by atoms with E-state index in [2.05, 4.69) is 15.0 Å². The van der Waals surface area contributed by atoms with Crippen LogP contribution in [0.1, 0.15) is 5.56 Å². The lowest BCUT2D eigenvalue weighted by atomic mass is 10.2. The molecule has 1 heterocycles. The van der Waals surface area contributed by atoms with E-state index < -0.39 is 0 Å². The third-order valence-corrected chi connectivity index (χ3v) is 2.31. The Morgan fingerprint density at radius 2 is 1.53 bits per heavy atom. The Bertz CT molecular complexity index is 567. The Hall–Kier alpha value is -2.57. The van der Waals surface area contributed by atoms with E-state index in [-0.39, 0.29) is 18.0 Å². The second-order valence-corrected chi connectivity index (χ2v) is 3.73. The van der Waals surface area contributed by atoms with Crippen molar-refractivity contribution in [3.63, 3.8) is 0 Å². The van der Waals surface area contributed by atoms with Gasteiger partial charge in [-0.2, -0.15) is 0 Å². The van der Waals surface area contributed by atoms with Crippen molar-refractivity contribution >= 4 is 5.69 Å². The number of benzene rings is 1. The summed E-state index contributed by atoms with van der Waals surface area (Å²) in [6.07, 6.45) is 0. The number of nitrogens with zero attached hydrogens (tertiary/aromatic N) is 3. The van der Waals surface area contributed by atoms with Crippen molar-refractivity contribution in [2.24, 2.45) is 0 Å². The number of aryl methyl sites for hydroxylation is 1. The summed E-state index contributed by atoms with van der Waals surface area (Å²) in [7, 11) is 2.89. The lowest BCUT2D eigenvalue weighted by Gasteiger charge is -2.08. The molecule has 0 saturated heterocycles. The monoisotopic (exact) mass is 262 g/mol. The molecular formula is C12H14N4O3. The highest BCUT2D eigenvalue weighted by Gasteiger charge is 2.10. The van der Waals surface area contributed by atoms with Crippen molar-refractivity contribution in [3.05, 3.63) is 23.8 Å². The maximum atomic E-state index is 5.85. The summed E-state index contributed by atoms with van der Waals surface area (Å²) >= 11 is 0. The van der Waals surface area contributed by atoms with Crippen molar-refractivity contribution in [2.45, 2.75) is 6.92 Å². The molecule has 0 aliphatic rings. The molecule has 1 aromatic heterocycles. The molecule has 2 rings (SSSR count). The SMILES string of the molecule is COc1nc(OC)nc(Oc2ccc(C)cc2N)n1. The summed E-state index contributed by atoms with van der Waals surface area (Å²) in [5.41, 5.74) is 7.39. The minimum Gasteiger partial charge on any atom is -0.467 e. The van der Waals surface area contributed by atoms with E-state index in [0.717, 1.165) is 5.56 Å². The molecule has 0 saturated carbocycles. The number of nitrogen functional groups attached to an aromatic ring is 1. The Morgan fingerprint density at radius 3 is 2.05 bits per heavy atom. The maximum absolute atomic E-state index is 5.85. The number of anilines is 1. The van der Waals surface area contributed by atoms with E-state index in [9.17, 15) is 0 Å². The summed E-state index contributed by atoms with van der Waals surface area (Å²) in [5.74, 6) is 0.459. The van der Waals surface area contributed by atoms with Crippen LogP contribution >= 0.6 is 0 Å². The number of hydrogen-bond acceptors (Lipinski definition) is 7. The molecule has 0 bridgehead atoms. The van der Waals surface area contributed by atoms with Crippen molar-refractivity contribution in [3.8, 4) is 23.8 Å². The molecule has 100 valence electrons. The van der Waals surface area contributed by atoms with Gasteiger partial charge in [0.05, 0.1) is 19.9 Å². The molecule has 7 nitrogen and oxygen atoms in total. The molecule has 1 aromatic carbocycles. The van der Waals surface area contributed by atoms with Crippen LogP contribution in [0.15, 0.2) is 18.2 Å². The minimum atomic E-state index is 0.0549. The molecule has 0 radical (unpaired) electrons. The second-order valence-electron chi connectivity index (χ2n) is 3.73. The number of ether oxygens (including phenoxy) is 3. The van der Waals surface area contributed by atoms with Gasteiger partial charge in [0, 0.05) is 0 Å². The van der Waals surface area contributed by atoms with Crippen LogP contribution in [0.2, 0.25) is 0 Å². The summed E-state index contributed by atoms with van der Waals surface area (Å²) in [6, 6.07) is 5.68. The van der Waals surface area contributed by atoms with E-state index in [0.29, 0.717) is 11.4 Å². The Morgan fingerprint density at radius 1 is 0.947 bits per heavy atom. The average molecular weight is 262 g/mol. The molecule has 0 atom stereocenters. The fraction of sp³-hybridized carbons (Fsp3) is 0.250. The van der Waals surface area contributed by atoms with Gasteiger partial charge >= 0.3 is 18.0 Å². The largest absolute Gasteiger partial charge is 0.467 e. The molecule has 19 heavy (non-hydrogen) atoms. The Kier molecular flexibility index (Phi) is 3.65. The van der Waals surface area contributed by atoms with Crippen LogP contribution in [-0.4, -0.2) is 29.2 Å². The molecule has 0 amide bonds. The van der Waals surface area contributed by atoms with E-state index in [1.807, 2.05) is 13.0 Å². The summed E-state index contributed by atoms with van der Waals surface area (Å²) in [4.78, 5) is 11.8. The van der Waals surface area contributed by atoms with Gasteiger partial charge in [0.2, 0.25) is 0 Å². The van der Waals surface area contributed by atoms with Crippen molar-refractivity contribution in [1.82, 2.24) is 15.0 Å². The van der Waals surface area contributed by atoms with E-state index in [4.69, 9.17) is 19.9 Å². The van der Waals surface area contributed by atoms with Gasteiger partial charge in [0.25, 0.3) is 0 Å². The maximum Gasteiger partial charge on any atom is 0.331 e. The predicted octanol–water partition coefficient (Wildman–Crippen LogP) is 1.57. The Labute approximate surface area is 110 Å². The highest BCUT2D eigenvalue weighted by Crippen LogP contribution is 2.27. The van der Waals surface area contributed by atoms with Crippen LogP contribution in [0.3, 0.4) is 0 Å². The standard InChI is InChI=1S/C12H14N4O3/c1-7-4-5-9(8(13)6-7)19-12-15-10(17-2)14-11(16-12)18-3/h4-6H,13H2,1-3H3. The predicted molar refractivity (Wildman–Crippen MR) is 68.6 cm³/mol. The molecule has 2 N–H and O–H groups in total. The highest BCUT2D eigenvalue weighted by molar-refractivity contribution is 5.54. The smallest absolute Gasteiger partial charge is 0.331 e. The van der Waals surface area contributed by atoms with Crippen molar-refractivity contribution in [1.29, 1.82) is 0 Å². The molecule has 0 unspecified atom stereocenters. The fourth-order valence-electron chi connectivity index (χ4n) is 1.41. The van der Waals surface area contributed by atoms with Crippen LogP contribution in [0, 0.1) is 6.92 Å². The first-order chi connectivity index (χ1) is 9.12. The van der Waals surface area contributed by atoms with Crippen molar-refractivity contribution in [2.75, 3.05) is 20.0 Å². The van der Waals surface area contributed by atoms with E-state index in [1.165, 1.54) is 14.2 Å². The van der Waals surface area contributed by atoms with Crippen LogP contribution in [-0.2, 0) is 0 Å². The number of nitrogens with two attached hydrogens (primary N) is 1. The molecule has 2 aromatic rings. The van der Waals surface area contributed by atoms with E-state index >= 15 is 0 Å². The molecule has 7 heteroatoms. The topological polar surface area (TPSA) is 92.4 Å². The second kappa shape index (κ2) is 5.38. The molecule has 0 spiro atoms. The van der Waals surface area contributed by atoms with E-state index in [1.54, 1.807) is 12.1 Å². The molecule has 0 fully saturated rings. The zero-order valence-corrected chi connectivity index (χ0v) is 10.9. The van der Waals surface area contributed by atoms with Gasteiger partial charge < -0.3 is 19.9 Å².